The van der Waals surface area contributed by atoms with E-state index in [1.54, 1.807) is 13.2 Å². The normalized spacial score (nSPS) is 10.8. The van der Waals surface area contributed by atoms with Crippen LogP contribution in [0.5, 0.6) is 5.75 Å². The van der Waals surface area contributed by atoms with Crippen LogP contribution in [0.3, 0.4) is 0 Å². The molecule has 0 heterocycles. The average Bonchev–Trinajstić information content (AvgIpc) is 2.71. The molecule has 0 atom stereocenters. The van der Waals surface area contributed by atoms with E-state index in [2.05, 4.69) is 19.2 Å². The van der Waals surface area contributed by atoms with Crippen LogP contribution in [0.15, 0.2) is 66.7 Å². The summed E-state index contributed by atoms with van der Waals surface area (Å²) < 4.78 is 5.33. The first kappa shape index (κ1) is 20.0. The van der Waals surface area contributed by atoms with Crippen molar-refractivity contribution in [3.05, 3.63) is 94.0 Å². The molecule has 0 saturated carbocycles. The lowest BCUT2D eigenvalue weighted by molar-refractivity contribution is 0.103. The number of ketones is 1. The summed E-state index contributed by atoms with van der Waals surface area (Å²) in [5.41, 5.74) is 4.25. The molecule has 0 radical (unpaired) electrons. The van der Waals surface area contributed by atoms with Gasteiger partial charge in [-0.3, -0.25) is 4.79 Å². The zero-order chi connectivity index (χ0) is 20.1. The summed E-state index contributed by atoms with van der Waals surface area (Å²) >= 11 is 6.06. The monoisotopic (exact) mass is 393 g/mol. The van der Waals surface area contributed by atoms with E-state index >= 15 is 0 Å². The quantitative estimate of drug-likeness (QED) is 0.477. The van der Waals surface area contributed by atoms with E-state index in [4.69, 9.17) is 16.3 Å². The molecule has 0 aromatic heterocycles. The summed E-state index contributed by atoms with van der Waals surface area (Å²) in [5.74, 6) is 1.04. The lowest BCUT2D eigenvalue weighted by atomic mass is 9.97. The SMILES string of the molecule is COc1ccc(NCc2cccc(Cl)c2)c(C(=O)c2ccc(C(C)C)cc2)c1. The van der Waals surface area contributed by atoms with E-state index in [0.717, 1.165) is 11.3 Å². The Morgan fingerprint density at radius 1 is 1.04 bits per heavy atom. The van der Waals surface area contributed by atoms with E-state index in [1.807, 2.05) is 60.7 Å². The Bertz CT molecular complexity index is 965. The number of ether oxygens (including phenoxy) is 1. The Balaban J connectivity index is 1.88. The molecular formula is C24H24ClNO2. The van der Waals surface area contributed by atoms with Crippen LogP contribution in [0, 0.1) is 0 Å². The van der Waals surface area contributed by atoms with Crippen LogP contribution in [0.1, 0.15) is 46.8 Å². The van der Waals surface area contributed by atoms with Crippen LogP contribution in [0.2, 0.25) is 5.02 Å². The van der Waals surface area contributed by atoms with Crippen LogP contribution < -0.4 is 10.1 Å². The predicted octanol–water partition coefficient (Wildman–Crippen LogP) is 6.32. The maximum absolute atomic E-state index is 13.2. The van der Waals surface area contributed by atoms with E-state index in [-0.39, 0.29) is 5.78 Å². The Morgan fingerprint density at radius 3 is 2.43 bits per heavy atom. The van der Waals surface area contributed by atoms with Crippen molar-refractivity contribution >= 4 is 23.1 Å². The smallest absolute Gasteiger partial charge is 0.195 e. The zero-order valence-corrected chi connectivity index (χ0v) is 17.1. The van der Waals surface area contributed by atoms with Crippen molar-refractivity contribution in [1.82, 2.24) is 0 Å². The Labute approximate surface area is 171 Å². The van der Waals surface area contributed by atoms with E-state index in [9.17, 15) is 4.79 Å². The molecule has 28 heavy (non-hydrogen) atoms. The third-order valence-corrected chi connectivity index (χ3v) is 4.92. The van der Waals surface area contributed by atoms with Crippen molar-refractivity contribution in [3.63, 3.8) is 0 Å². The molecule has 0 saturated heterocycles. The fourth-order valence-corrected chi connectivity index (χ4v) is 3.22. The van der Waals surface area contributed by atoms with Crippen molar-refractivity contribution < 1.29 is 9.53 Å². The lowest BCUT2D eigenvalue weighted by Gasteiger charge is -2.14. The summed E-state index contributed by atoms with van der Waals surface area (Å²) in [7, 11) is 1.60. The van der Waals surface area contributed by atoms with Gasteiger partial charge in [-0.2, -0.15) is 0 Å². The maximum atomic E-state index is 13.2. The van der Waals surface area contributed by atoms with Gasteiger partial charge in [-0.15, -0.1) is 0 Å². The van der Waals surface area contributed by atoms with Crippen LogP contribution in [-0.2, 0) is 6.54 Å². The van der Waals surface area contributed by atoms with Crippen molar-refractivity contribution in [1.29, 1.82) is 0 Å². The highest BCUT2D eigenvalue weighted by atomic mass is 35.5. The maximum Gasteiger partial charge on any atom is 0.195 e. The van der Waals surface area contributed by atoms with Gasteiger partial charge < -0.3 is 10.1 Å². The van der Waals surface area contributed by atoms with Crippen molar-refractivity contribution in [2.75, 3.05) is 12.4 Å². The Morgan fingerprint density at radius 2 is 1.79 bits per heavy atom. The fourth-order valence-electron chi connectivity index (χ4n) is 3.01. The molecule has 0 unspecified atom stereocenters. The van der Waals surface area contributed by atoms with Gasteiger partial charge in [0, 0.05) is 28.4 Å². The van der Waals surface area contributed by atoms with Crippen LogP contribution in [0.25, 0.3) is 0 Å². The molecule has 0 bridgehead atoms. The lowest BCUT2D eigenvalue weighted by Crippen LogP contribution is -2.09. The molecule has 0 aliphatic rings. The number of nitrogens with one attached hydrogen (secondary N) is 1. The second-order valence-corrected chi connectivity index (χ2v) is 7.44. The second-order valence-electron chi connectivity index (χ2n) is 7.00. The summed E-state index contributed by atoms with van der Waals surface area (Å²) in [4.78, 5) is 13.2. The average molecular weight is 394 g/mol. The van der Waals surface area contributed by atoms with E-state index in [1.165, 1.54) is 5.56 Å². The summed E-state index contributed by atoms with van der Waals surface area (Å²) in [5, 5.41) is 4.04. The Kier molecular flexibility index (Phi) is 6.37. The van der Waals surface area contributed by atoms with Gasteiger partial charge in [-0.1, -0.05) is 61.8 Å². The number of carbonyl (C=O) groups excluding carboxylic acids is 1. The molecule has 3 aromatic rings. The third-order valence-electron chi connectivity index (χ3n) is 4.68. The summed E-state index contributed by atoms with van der Waals surface area (Å²) in [6.07, 6.45) is 0. The third kappa shape index (κ3) is 4.73. The van der Waals surface area contributed by atoms with Crippen molar-refractivity contribution in [3.8, 4) is 5.75 Å². The van der Waals surface area contributed by atoms with Gasteiger partial charge in [-0.25, -0.2) is 0 Å². The van der Waals surface area contributed by atoms with Crippen molar-refractivity contribution in [2.24, 2.45) is 0 Å². The van der Waals surface area contributed by atoms with Gasteiger partial charge in [0.25, 0.3) is 0 Å². The van der Waals surface area contributed by atoms with Crippen LogP contribution >= 0.6 is 11.6 Å². The van der Waals surface area contributed by atoms with Crippen LogP contribution in [0.4, 0.5) is 5.69 Å². The first-order valence-electron chi connectivity index (χ1n) is 9.29. The minimum Gasteiger partial charge on any atom is -0.497 e. The number of methoxy groups -OCH3 is 1. The molecule has 0 aliphatic carbocycles. The van der Waals surface area contributed by atoms with Gasteiger partial charge >= 0.3 is 0 Å². The zero-order valence-electron chi connectivity index (χ0n) is 16.3. The molecule has 3 aromatic carbocycles. The molecule has 1 N–H and O–H groups in total. The largest absolute Gasteiger partial charge is 0.497 e. The summed E-state index contributed by atoms with van der Waals surface area (Å²) in [6.45, 7) is 4.84. The number of hydrogen-bond acceptors (Lipinski definition) is 3. The van der Waals surface area contributed by atoms with Gasteiger partial charge in [0.1, 0.15) is 5.75 Å². The number of benzene rings is 3. The minimum atomic E-state index is -0.0391. The molecule has 0 amide bonds. The van der Waals surface area contributed by atoms with E-state index in [0.29, 0.717) is 34.4 Å². The molecule has 4 heteroatoms. The van der Waals surface area contributed by atoms with Crippen LogP contribution in [-0.4, -0.2) is 12.9 Å². The summed E-state index contributed by atoms with van der Waals surface area (Å²) in [6, 6.07) is 20.9. The minimum absolute atomic E-state index is 0.0391. The van der Waals surface area contributed by atoms with Gasteiger partial charge in [0.05, 0.1) is 7.11 Å². The molecule has 0 spiro atoms. The number of rotatable bonds is 7. The number of carbonyl (C=O) groups is 1. The predicted molar refractivity (Wildman–Crippen MR) is 116 cm³/mol. The molecule has 0 aliphatic heterocycles. The molecule has 144 valence electrons. The van der Waals surface area contributed by atoms with E-state index < -0.39 is 0 Å². The fraction of sp³-hybridized carbons (Fsp3) is 0.208. The highest BCUT2D eigenvalue weighted by Crippen LogP contribution is 2.26. The molecular weight excluding hydrogens is 370 g/mol. The first-order valence-corrected chi connectivity index (χ1v) is 9.66. The highest BCUT2D eigenvalue weighted by molar-refractivity contribution is 6.30. The van der Waals surface area contributed by atoms with Gasteiger partial charge in [0.15, 0.2) is 5.78 Å². The number of halogens is 1. The standard InChI is InChI=1S/C24H24ClNO2/c1-16(2)18-7-9-19(10-8-18)24(27)22-14-21(28-3)11-12-23(22)26-15-17-5-4-6-20(25)13-17/h4-14,16,26H,15H2,1-3H3. The second kappa shape index (κ2) is 8.94. The Hall–Kier alpha value is -2.78. The van der Waals surface area contributed by atoms with Gasteiger partial charge in [0.2, 0.25) is 0 Å². The van der Waals surface area contributed by atoms with Crippen molar-refractivity contribution in [2.45, 2.75) is 26.3 Å². The number of hydrogen-bond donors (Lipinski definition) is 1. The number of anilines is 1. The molecule has 3 nitrogen and oxygen atoms in total. The topological polar surface area (TPSA) is 38.3 Å². The van der Waals surface area contributed by atoms with Gasteiger partial charge in [-0.05, 0) is 47.4 Å². The highest BCUT2D eigenvalue weighted by Gasteiger charge is 2.15. The molecule has 0 fully saturated rings. The molecule has 3 rings (SSSR count). The first-order chi connectivity index (χ1) is 13.5.